The Labute approximate surface area is 179 Å². The summed E-state index contributed by atoms with van der Waals surface area (Å²) in [5, 5.41) is 3.22. The average molecular weight is 428 g/mol. The lowest BCUT2D eigenvalue weighted by atomic mass is 10.0. The lowest BCUT2D eigenvalue weighted by molar-refractivity contribution is 0.207. The van der Waals surface area contributed by atoms with Gasteiger partial charge in [0.2, 0.25) is 5.95 Å². The number of nitrogens with zero attached hydrogens (tertiary/aromatic N) is 6. The van der Waals surface area contributed by atoms with Crippen molar-refractivity contribution >= 4 is 40.1 Å². The molecular formula is C21H23ClFN7. The number of likely N-dealkylation sites (tertiary alicyclic amines) is 1. The number of fused-ring (bicyclic) bond motifs is 1. The quantitative estimate of drug-likeness (QED) is 0.674. The SMILES string of the molecule is Fc1ccc(Nc2ncnc3cnc(N4CCC(N5CCCC5)CC4)nc23)cc1Cl. The largest absolute Gasteiger partial charge is 0.341 e. The van der Waals surface area contributed by atoms with E-state index < -0.39 is 5.82 Å². The molecule has 0 spiro atoms. The van der Waals surface area contributed by atoms with Crippen molar-refractivity contribution in [2.75, 3.05) is 36.4 Å². The molecule has 5 rings (SSSR count). The molecule has 0 bridgehead atoms. The van der Waals surface area contributed by atoms with Crippen LogP contribution in [0.5, 0.6) is 0 Å². The molecule has 9 heteroatoms. The minimum Gasteiger partial charge on any atom is -0.341 e. The van der Waals surface area contributed by atoms with Crippen LogP contribution >= 0.6 is 11.6 Å². The van der Waals surface area contributed by atoms with E-state index in [4.69, 9.17) is 16.6 Å². The zero-order chi connectivity index (χ0) is 20.5. The molecule has 0 atom stereocenters. The summed E-state index contributed by atoms with van der Waals surface area (Å²) in [5.41, 5.74) is 1.91. The van der Waals surface area contributed by atoms with E-state index >= 15 is 0 Å². The number of benzene rings is 1. The first kappa shape index (κ1) is 19.4. The maximum Gasteiger partial charge on any atom is 0.226 e. The minimum absolute atomic E-state index is 0.0505. The van der Waals surface area contributed by atoms with Gasteiger partial charge in [-0.25, -0.2) is 24.3 Å². The van der Waals surface area contributed by atoms with Crippen molar-refractivity contribution in [3.63, 3.8) is 0 Å². The second kappa shape index (κ2) is 8.28. The monoisotopic (exact) mass is 427 g/mol. The number of halogens is 2. The molecule has 2 fully saturated rings. The molecule has 0 amide bonds. The van der Waals surface area contributed by atoms with Gasteiger partial charge < -0.3 is 15.1 Å². The standard InChI is InChI=1S/C21H23ClFN7/c22-16-11-14(3-4-17(16)23)27-20-19-18(25-13-26-20)12-24-21(28-19)30-9-5-15(6-10-30)29-7-1-2-8-29/h3-4,11-13,15H,1-2,5-10H2,(H,25,26,27). The van der Waals surface area contributed by atoms with Crippen LogP contribution in [-0.4, -0.2) is 57.1 Å². The van der Waals surface area contributed by atoms with E-state index in [2.05, 4.69) is 30.1 Å². The molecule has 2 saturated heterocycles. The van der Waals surface area contributed by atoms with E-state index in [1.54, 1.807) is 12.3 Å². The van der Waals surface area contributed by atoms with Gasteiger partial charge in [-0.05, 0) is 57.0 Å². The number of piperidine rings is 1. The van der Waals surface area contributed by atoms with Crippen LogP contribution in [0.1, 0.15) is 25.7 Å². The predicted octanol–water partition coefficient (Wildman–Crippen LogP) is 4.02. The van der Waals surface area contributed by atoms with Crippen molar-refractivity contribution in [2.24, 2.45) is 0 Å². The molecule has 0 unspecified atom stereocenters. The van der Waals surface area contributed by atoms with Crippen molar-refractivity contribution in [2.45, 2.75) is 31.7 Å². The smallest absolute Gasteiger partial charge is 0.226 e. The number of hydrogen-bond donors (Lipinski definition) is 1. The first-order valence-electron chi connectivity index (χ1n) is 10.4. The van der Waals surface area contributed by atoms with Crippen LogP contribution in [0.2, 0.25) is 5.02 Å². The van der Waals surface area contributed by atoms with Gasteiger partial charge in [-0.2, -0.15) is 0 Å². The van der Waals surface area contributed by atoms with Gasteiger partial charge in [-0.15, -0.1) is 0 Å². The lowest BCUT2D eigenvalue weighted by Gasteiger charge is -2.36. The molecule has 2 aliphatic rings. The van der Waals surface area contributed by atoms with Gasteiger partial charge in [0.15, 0.2) is 5.82 Å². The molecule has 1 aromatic carbocycles. The fourth-order valence-electron chi connectivity index (χ4n) is 4.34. The maximum absolute atomic E-state index is 13.5. The van der Waals surface area contributed by atoms with Crippen LogP contribution in [0.15, 0.2) is 30.7 Å². The Morgan fingerprint density at radius 2 is 1.83 bits per heavy atom. The van der Waals surface area contributed by atoms with Crippen LogP contribution in [-0.2, 0) is 0 Å². The Morgan fingerprint density at radius 1 is 1.03 bits per heavy atom. The maximum atomic E-state index is 13.5. The van der Waals surface area contributed by atoms with E-state index in [-0.39, 0.29) is 5.02 Å². The summed E-state index contributed by atoms with van der Waals surface area (Å²) < 4.78 is 13.5. The van der Waals surface area contributed by atoms with E-state index in [9.17, 15) is 4.39 Å². The van der Waals surface area contributed by atoms with E-state index in [1.165, 1.54) is 44.4 Å². The van der Waals surface area contributed by atoms with Gasteiger partial charge in [-0.3, -0.25) is 0 Å². The Bertz CT molecular complexity index is 1050. The molecule has 1 N–H and O–H groups in total. The predicted molar refractivity (Wildman–Crippen MR) is 116 cm³/mol. The van der Waals surface area contributed by atoms with Gasteiger partial charge in [0.1, 0.15) is 23.2 Å². The number of nitrogens with one attached hydrogen (secondary N) is 1. The molecule has 0 saturated carbocycles. The second-order valence-corrected chi connectivity index (χ2v) is 8.25. The summed E-state index contributed by atoms with van der Waals surface area (Å²) >= 11 is 5.90. The Balaban J connectivity index is 1.37. The molecule has 4 heterocycles. The second-order valence-electron chi connectivity index (χ2n) is 7.84. The van der Waals surface area contributed by atoms with Gasteiger partial charge in [0.25, 0.3) is 0 Å². The van der Waals surface area contributed by atoms with E-state index in [1.807, 2.05) is 0 Å². The van der Waals surface area contributed by atoms with Gasteiger partial charge in [-0.1, -0.05) is 11.6 Å². The molecule has 0 aliphatic carbocycles. The summed E-state index contributed by atoms with van der Waals surface area (Å²) in [6.45, 7) is 4.35. The van der Waals surface area contributed by atoms with Crippen molar-refractivity contribution in [1.82, 2.24) is 24.8 Å². The first-order chi connectivity index (χ1) is 14.7. The Kier molecular flexibility index (Phi) is 5.35. The summed E-state index contributed by atoms with van der Waals surface area (Å²) in [4.78, 5) is 22.8. The molecule has 2 aliphatic heterocycles. The highest BCUT2D eigenvalue weighted by atomic mass is 35.5. The zero-order valence-electron chi connectivity index (χ0n) is 16.6. The summed E-state index contributed by atoms with van der Waals surface area (Å²) in [7, 11) is 0. The number of aromatic nitrogens is 4. The molecule has 0 radical (unpaired) electrons. The van der Waals surface area contributed by atoms with Crippen LogP contribution < -0.4 is 10.2 Å². The lowest BCUT2D eigenvalue weighted by Crippen LogP contribution is -2.44. The van der Waals surface area contributed by atoms with Gasteiger partial charge in [0.05, 0.1) is 11.2 Å². The summed E-state index contributed by atoms with van der Waals surface area (Å²) in [6.07, 6.45) is 8.10. The highest BCUT2D eigenvalue weighted by Crippen LogP contribution is 2.27. The van der Waals surface area contributed by atoms with Crippen LogP contribution in [0, 0.1) is 5.82 Å². The third kappa shape index (κ3) is 3.89. The number of rotatable bonds is 4. The van der Waals surface area contributed by atoms with Crippen molar-refractivity contribution < 1.29 is 4.39 Å². The summed E-state index contributed by atoms with van der Waals surface area (Å²) in [6, 6.07) is 5.13. The van der Waals surface area contributed by atoms with Crippen molar-refractivity contribution in [3.8, 4) is 0 Å². The first-order valence-corrected chi connectivity index (χ1v) is 10.7. The van der Waals surface area contributed by atoms with E-state index in [0.29, 0.717) is 34.5 Å². The van der Waals surface area contributed by atoms with Gasteiger partial charge >= 0.3 is 0 Å². The third-order valence-electron chi connectivity index (χ3n) is 5.95. The molecule has 30 heavy (non-hydrogen) atoms. The van der Waals surface area contributed by atoms with Crippen molar-refractivity contribution in [1.29, 1.82) is 0 Å². The van der Waals surface area contributed by atoms with Crippen LogP contribution in [0.3, 0.4) is 0 Å². The third-order valence-corrected chi connectivity index (χ3v) is 6.24. The molecule has 7 nitrogen and oxygen atoms in total. The number of anilines is 3. The molecule has 2 aromatic heterocycles. The summed E-state index contributed by atoms with van der Waals surface area (Å²) in [5.74, 6) is 0.771. The number of hydrogen-bond acceptors (Lipinski definition) is 7. The Morgan fingerprint density at radius 3 is 2.60 bits per heavy atom. The fraction of sp³-hybridized carbons (Fsp3) is 0.429. The van der Waals surface area contributed by atoms with Crippen LogP contribution in [0.25, 0.3) is 11.0 Å². The Hall–Kier alpha value is -2.58. The topological polar surface area (TPSA) is 70.1 Å². The van der Waals surface area contributed by atoms with Crippen molar-refractivity contribution in [3.05, 3.63) is 41.6 Å². The highest BCUT2D eigenvalue weighted by molar-refractivity contribution is 6.31. The molecule has 3 aromatic rings. The molecular weight excluding hydrogens is 405 g/mol. The van der Waals surface area contributed by atoms with Crippen LogP contribution in [0.4, 0.5) is 21.8 Å². The molecule has 156 valence electrons. The van der Waals surface area contributed by atoms with Gasteiger partial charge in [0, 0.05) is 24.8 Å². The normalized spacial score (nSPS) is 18.3. The van der Waals surface area contributed by atoms with E-state index in [0.717, 1.165) is 25.9 Å². The minimum atomic E-state index is -0.461. The average Bonchev–Trinajstić information content (AvgIpc) is 3.31. The fourth-order valence-corrected chi connectivity index (χ4v) is 4.52. The zero-order valence-corrected chi connectivity index (χ0v) is 17.3. The highest BCUT2D eigenvalue weighted by Gasteiger charge is 2.27.